The molecular formula is C41H72O6. The van der Waals surface area contributed by atoms with E-state index >= 15 is 0 Å². The van der Waals surface area contributed by atoms with Crippen molar-refractivity contribution in [2.45, 2.75) is 206 Å². The molecule has 47 heavy (non-hydrogen) atoms. The summed E-state index contributed by atoms with van der Waals surface area (Å²) in [7, 11) is 0. The largest absolute Gasteiger partial charge is 0.465 e. The zero-order valence-electron chi connectivity index (χ0n) is 30.6. The molecule has 0 amide bonds. The lowest BCUT2D eigenvalue weighted by Crippen LogP contribution is -2.41. The predicted molar refractivity (Wildman–Crippen MR) is 190 cm³/mol. The Bertz CT molecular complexity index is 868. The van der Waals surface area contributed by atoms with Gasteiger partial charge in [-0.1, -0.05) is 155 Å². The van der Waals surface area contributed by atoms with Gasteiger partial charge in [-0.3, -0.25) is 14.4 Å². The van der Waals surface area contributed by atoms with Crippen LogP contribution in [-0.4, -0.2) is 37.7 Å². The third-order valence-corrected chi connectivity index (χ3v) is 11.6. The van der Waals surface area contributed by atoms with Gasteiger partial charge in [-0.25, -0.2) is 0 Å². The van der Waals surface area contributed by atoms with E-state index in [1.807, 2.05) is 0 Å². The smallest absolute Gasteiger partial charge is 0.312 e. The number of unbranched alkanes of at least 4 members (excludes halogenated alkanes) is 12. The van der Waals surface area contributed by atoms with Gasteiger partial charge in [-0.2, -0.15) is 0 Å². The lowest BCUT2D eigenvalue weighted by atomic mass is 9.62. The average molecular weight is 661 g/mol. The highest BCUT2D eigenvalue weighted by Gasteiger charge is 2.53. The molecule has 0 aromatic rings. The molecule has 3 rings (SSSR count). The van der Waals surface area contributed by atoms with Crippen LogP contribution in [0.15, 0.2) is 0 Å². The van der Waals surface area contributed by atoms with Crippen molar-refractivity contribution in [2.75, 3.05) is 19.8 Å². The first-order valence-corrected chi connectivity index (χ1v) is 20.5. The average Bonchev–Trinajstić information content (AvgIpc) is 3.17. The Labute approximate surface area is 288 Å². The number of rotatable bonds is 14. The molecule has 3 unspecified atom stereocenters. The fraction of sp³-hybridized carbons (Fsp3) is 0.927. The van der Waals surface area contributed by atoms with Gasteiger partial charge in [0.2, 0.25) is 0 Å². The second-order valence-electron chi connectivity index (χ2n) is 15.7. The first-order valence-electron chi connectivity index (χ1n) is 20.5. The maximum Gasteiger partial charge on any atom is 0.312 e. The topological polar surface area (TPSA) is 78.9 Å². The number of hydrogen-bond donors (Lipinski definition) is 0. The van der Waals surface area contributed by atoms with Crippen molar-refractivity contribution in [1.29, 1.82) is 0 Å². The summed E-state index contributed by atoms with van der Waals surface area (Å²) in [6.45, 7) is 2.74. The van der Waals surface area contributed by atoms with Crippen LogP contribution >= 0.6 is 0 Å². The van der Waals surface area contributed by atoms with E-state index in [1.165, 1.54) is 89.9 Å². The fourth-order valence-electron chi connectivity index (χ4n) is 8.52. The maximum atomic E-state index is 14.3. The Morgan fingerprint density at radius 1 is 0.511 bits per heavy atom. The van der Waals surface area contributed by atoms with Crippen LogP contribution < -0.4 is 0 Å². The van der Waals surface area contributed by atoms with Gasteiger partial charge in [0.1, 0.15) is 19.8 Å². The van der Waals surface area contributed by atoms with E-state index in [-0.39, 0.29) is 43.6 Å². The summed E-state index contributed by atoms with van der Waals surface area (Å²) in [6.07, 6.45) is 34.1. The molecule has 0 spiro atoms. The van der Waals surface area contributed by atoms with Crippen molar-refractivity contribution < 1.29 is 28.6 Å². The molecule has 3 saturated heterocycles. The van der Waals surface area contributed by atoms with Crippen molar-refractivity contribution in [3.8, 4) is 0 Å². The molecular weight excluding hydrogens is 588 g/mol. The molecule has 0 aliphatic carbocycles. The number of hydrogen-bond acceptors (Lipinski definition) is 6. The van der Waals surface area contributed by atoms with Crippen LogP contribution in [-0.2, 0) is 28.6 Å². The lowest BCUT2D eigenvalue weighted by Gasteiger charge is -2.40. The number of ether oxygens (including phenoxy) is 3. The number of carbonyl (C=O) groups is 3. The normalized spacial score (nSPS) is 27.8. The summed E-state index contributed by atoms with van der Waals surface area (Å²) in [5.74, 6) is -0.286. The van der Waals surface area contributed by atoms with E-state index < -0.39 is 10.8 Å². The van der Waals surface area contributed by atoms with Crippen molar-refractivity contribution in [2.24, 2.45) is 16.7 Å². The molecule has 272 valence electrons. The van der Waals surface area contributed by atoms with Crippen LogP contribution in [0.1, 0.15) is 206 Å². The first-order chi connectivity index (χ1) is 23.0. The first kappa shape index (κ1) is 39.8. The Kier molecular flexibility index (Phi) is 20.1. The van der Waals surface area contributed by atoms with Crippen LogP contribution in [0.25, 0.3) is 0 Å². The molecule has 3 heterocycles. The van der Waals surface area contributed by atoms with E-state index in [1.54, 1.807) is 0 Å². The van der Waals surface area contributed by atoms with Gasteiger partial charge in [0.05, 0.1) is 10.8 Å². The molecule has 6 heteroatoms. The molecule has 0 N–H and O–H groups in total. The Hall–Kier alpha value is -1.59. The van der Waals surface area contributed by atoms with E-state index in [0.29, 0.717) is 19.3 Å². The summed E-state index contributed by atoms with van der Waals surface area (Å²) >= 11 is 0. The zero-order valence-corrected chi connectivity index (χ0v) is 30.6. The highest BCUT2D eigenvalue weighted by molar-refractivity contribution is 5.78. The fourth-order valence-corrected chi connectivity index (χ4v) is 8.52. The number of carbonyl (C=O) groups excluding carboxylic acids is 3. The van der Waals surface area contributed by atoms with Crippen molar-refractivity contribution in [3.63, 3.8) is 0 Å². The van der Waals surface area contributed by atoms with E-state index in [9.17, 15) is 14.4 Å². The van der Waals surface area contributed by atoms with Crippen molar-refractivity contribution in [1.82, 2.24) is 0 Å². The molecule has 0 radical (unpaired) electrons. The van der Waals surface area contributed by atoms with E-state index in [2.05, 4.69) is 6.92 Å². The van der Waals surface area contributed by atoms with E-state index in [0.717, 1.165) is 89.9 Å². The molecule has 3 aliphatic rings. The van der Waals surface area contributed by atoms with Crippen LogP contribution in [0.4, 0.5) is 0 Å². The van der Waals surface area contributed by atoms with Gasteiger partial charge in [0.15, 0.2) is 0 Å². The lowest BCUT2D eigenvalue weighted by molar-refractivity contribution is -0.164. The molecule has 0 aromatic heterocycles. The highest BCUT2D eigenvalue weighted by Crippen LogP contribution is 2.50. The Balaban J connectivity index is 1.71. The molecule has 2 bridgehead atoms. The Morgan fingerprint density at radius 2 is 0.915 bits per heavy atom. The second kappa shape index (κ2) is 23.7. The molecule has 3 aliphatic heterocycles. The summed E-state index contributed by atoms with van der Waals surface area (Å²) in [5, 5.41) is 0. The minimum Gasteiger partial charge on any atom is -0.465 e. The standard InChI is InChI=1S/C41H72O6/c1-2-3-4-5-6-7-8-9-10-11-13-17-22-27-36-32-40-33-45-37(42)28-23-18-14-12-15-20-25-30-41(36,39(44)47-35-40)31-26-21-16-19-24-29-38(43)46-34-40/h36H,2-35H2,1H3. The van der Waals surface area contributed by atoms with Crippen LogP contribution in [0.5, 0.6) is 0 Å². The summed E-state index contributed by atoms with van der Waals surface area (Å²) in [5.41, 5.74) is -1.20. The number of esters is 3. The third-order valence-electron chi connectivity index (χ3n) is 11.6. The highest BCUT2D eigenvalue weighted by atomic mass is 16.6. The predicted octanol–water partition coefficient (Wildman–Crippen LogP) is 11.4. The second-order valence-corrected chi connectivity index (χ2v) is 15.7. The number of cyclic esters (lactones) is 3. The zero-order chi connectivity index (χ0) is 33.5. The minimum absolute atomic E-state index is 0.0455. The van der Waals surface area contributed by atoms with Gasteiger partial charge >= 0.3 is 17.9 Å². The van der Waals surface area contributed by atoms with Crippen LogP contribution in [0, 0.1) is 16.7 Å². The van der Waals surface area contributed by atoms with Crippen molar-refractivity contribution in [3.05, 3.63) is 0 Å². The summed E-state index contributed by atoms with van der Waals surface area (Å²) in [6, 6.07) is 0. The molecule has 6 nitrogen and oxygen atoms in total. The SMILES string of the molecule is CCCCCCCCCCCCCCCC1CC23COC(=O)CCCCCCCCCC1(CCCCCCCC(=O)OC2)C(=O)OC3. The molecule has 0 aromatic carbocycles. The van der Waals surface area contributed by atoms with Gasteiger partial charge < -0.3 is 14.2 Å². The monoisotopic (exact) mass is 661 g/mol. The Morgan fingerprint density at radius 3 is 1.40 bits per heavy atom. The van der Waals surface area contributed by atoms with E-state index in [4.69, 9.17) is 14.2 Å². The maximum absolute atomic E-state index is 14.3. The molecule has 3 fully saturated rings. The van der Waals surface area contributed by atoms with Gasteiger partial charge in [-0.05, 0) is 44.4 Å². The van der Waals surface area contributed by atoms with Gasteiger partial charge in [0, 0.05) is 12.8 Å². The summed E-state index contributed by atoms with van der Waals surface area (Å²) in [4.78, 5) is 39.9. The molecule has 3 atom stereocenters. The summed E-state index contributed by atoms with van der Waals surface area (Å²) < 4.78 is 18.1. The third kappa shape index (κ3) is 15.2. The quantitative estimate of drug-likeness (QED) is 0.105. The van der Waals surface area contributed by atoms with Gasteiger partial charge in [0.25, 0.3) is 0 Å². The minimum atomic E-state index is -0.689. The van der Waals surface area contributed by atoms with Crippen molar-refractivity contribution >= 4 is 17.9 Å². The van der Waals surface area contributed by atoms with Crippen LogP contribution in [0.3, 0.4) is 0 Å². The molecule has 0 saturated carbocycles. The van der Waals surface area contributed by atoms with Gasteiger partial charge in [-0.15, -0.1) is 0 Å². The van der Waals surface area contributed by atoms with Crippen LogP contribution in [0.2, 0.25) is 0 Å².